The molecule has 0 bridgehead atoms. The summed E-state index contributed by atoms with van der Waals surface area (Å²) in [6, 6.07) is 3.36. The summed E-state index contributed by atoms with van der Waals surface area (Å²) in [5.74, 6) is 0.232. The van der Waals surface area contributed by atoms with Crippen molar-refractivity contribution in [2.24, 2.45) is 5.41 Å². The van der Waals surface area contributed by atoms with Gasteiger partial charge in [0.2, 0.25) is 5.91 Å². The number of aliphatic hydroxyl groups is 1. The van der Waals surface area contributed by atoms with Crippen LogP contribution in [-0.4, -0.2) is 17.6 Å². The molecule has 4 heteroatoms. The molecule has 0 aliphatic rings. The van der Waals surface area contributed by atoms with Crippen LogP contribution in [0.2, 0.25) is 0 Å². The van der Waals surface area contributed by atoms with Crippen molar-refractivity contribution < 1.29 is 14.3 Å². The zero-order valence-electron chi connectivity index (χ0n) is 10.4. The van der Waals surface area contributed by atoms with E-state index in [1.807, 2.05) is 26.8 Å². The van der Waals surface area contributed by atoms with Gasteiger partial charge >= 0.3 is 0 Å². The number of allylic oxidation sites excluding steroid dienone is 1. The predicted molar refractivity (Wildman–Crippen MR) is 65.3 cm³/mol. The summed E-state index contributed by atoms with van der Waals surface area (Å²) < 4.78 is 5.02. The van der Waals surface area contributed by atoms with Crippen LogP contribution in [-0.2, 0) is 4.79 Å². The minimum atomic E-state index is -0.808. The SMILES string of the molecule is CC(C)(C)/C=C/C(=O)NCC(O)c1ccco1. The highest BCUT2D eigenvalue weighted by atomic mass is 16.4. The summed E-state index contributed by atoms with van der Waals surface area (Å²) in [6.45, 7) is 6.16. The first-order valence-electron chi connectivity index (χ1n) is 5.57. The molecule has 1 heterocycles. The highest BCUT2D eigenvalue weighted by Crippen LogP contribution is 2.14. The fourth-order valence-electron chi connectivity index (χ4n) is 1.16. The van der Waals surface area contributed by atoms with E-state index in [4.69, 9.17) is 4.42 Å². The second kappa shape index (κ2) is 5.68. The molecule has 4 nitrogen and oxygen atoms in total. The normalized spacial score (nSPS) is 13.9. The zero-order chi connectivity index (χ0) is 12.9. The quantitative estimate of drug-likeness (QED) is 0.788. The van der Waals surface area contributed by atoms with Gasteiger partial charge in [0, 0.05) is 0 Å². The third-order valence-corrected chi connectivity index (χ3v) is 2.08. The van der Waals surface area contributed by atoms with E-state index < -0.39 is 6.10 Å². The molecule has 17 heavy (non-hydrogen) atoms. The molecule has 0 spiro atoms. The summed E-state index contributed by atoms with van der Waals surface area (Å²) in [5, 5.41) is 12.3. The summed E-state index contributed by atoms with van der Waals surface area (Å²) in [6.07, 6.45) is 3.98. The molecular weight excluding hydrogens is 218 g/mol. The van der Waals surface area contributed by atoms with Gasteiger partial charge in [-0.05, 0) is 23.6 Å². The van der Waals surface area contributed by atoms with Gasteiger partial charge in [0.25, 0.3) is 0 Å². The minimum Gasteiger partial charge on any atom is -0.467 e. The number of furan rings is 1. The molecule has 1 unspecified atom stereocenters. The van der Waals surface area contributed by atoms with Crippen LogP contribution >= 0.6 is 0 Å². The Morgan fingerprint density at radius 3 is 2.82 bits per heavy atom. The molecule has 2 N–H and O–H groups in total. The first-order valence-corrected chi connectivity index (χ1v) is 5.57. The number of hydrogen-bond acceptors (Lipinski definition) is 3. The van der Waals surface area contributed by atoms with E-state index in [9.17, 15) is 9.90 Å². The van der Waals surface area contributed by atoms with Crippen LogP contribution in [0, 0.1) is 5.41 Å². The Morgan fingerprint density at radius 2 is 2.29 bits per heavy atom. The maximum Gasteiger partial charge on any atom is 0.243 e. The van der Waals surface area contributed by atoms with Crippen molar-refractivity contribution in [2.45, 2.75) is 26.9 Å². The Balaban J connectivity index is 2.36. The van der Waals surface area contributed by atoms with Gasteiger partial charge in [-0.1, -0.05) is 26.8 Å². The average Bonchev–Trinajstić information content (AvgIpc) is 2.75. The lowest BCUT2D eigenvalue weighted by Gasteiger charge is -2.11. The van der Waals surface area contributed by atoms with E-state index in [0.29, 0.717) is 5.76 Å². The lowest BCUT2D eigenvalue weighted by atomic mass is 9.96. The van der Waals surface area contributed by atoms with Crippen LogP contribution in [0.3, 0.4) is 0 Å². The molecule has 0 aliphatic heterocycles. The van der Waals surface area contributed by atoms with Gasteiger partial charge in [0.1, 0.15) is 11.9 Å². The Bertz CT molecular complexity index is 374. The van der Waals surface area contributed by atoms with E-state index in [1.54, 1.807) is 12.1 Å². The van der Waals surface area contributed by atoms with Gasteiger partial charge in [-0.15, -0.1) is 0 Å². The fourth-order valence-corrected chi connectivity index (χ4v) is 1.16. The topological polar surface area (TPSA) is 62.5 Å². The van der Waals surface area contributed by atoms with Crippen molar-refractivity contribution >= 4 is 5.91 Å². The lowest BCUT2D eigenvalue weighted by Crippen LogP contribution is -2.26. The van der Waals surface area contributed by atoms with E-state index in [0.717, 1.165) is 0 Å². The Labute approximate surface area is 101 Å². The molecule has 1 amide bonds. The summed E-state index contributed by atoms with van der Waals surface area (Å²) in [4.78, 5) is 11.4. The number of nitrogens with one attached hydrogen (secondary N) is 1. The van der Waals surface area contributed by atoms with Crippen molar-refractivity contribution in [1.29, 1.82) is 0 Å². The van der Waals surface area contributed by atoms with E-state index in [-0.39, 0.29) is 17.9 Å². The van der Waals surface area contributed by atoms with Crippen molar-refractivity contribution in [1.82, 2.24) is 5.32 Å². The Hall–Kier alpha value is -1.55. The van der Waals surface area contributed by atoms with E-state index in [1.165, 1.54) is 12.3 Å². The Kier molecular flexibility index (Phi) is 4.52. The van der Waals surface area contributed by atoms with Crippen molar-refractivity contribution in [2.75, 3.05) is 6.54 Å². The third kappa shape index (κ3) is 5.36. The summed E-state index contributed by atoms with van der Waals surface area (Å²) in [5.41, 5.74) is -0.0308. The molecule has 1 aromatic rings. The standard InChI is InChI=1S/C13H19NO3/c1-13(2,3)7-6-12(16)14-9-10(15)11-5-4-8-17-11/h4-8,10,15H,9H2,1-3H3,(H,14,16)/b7-6+. The van der Waals surface area contributed by atoms with Gasteiger partial charge in [0.15, 0.2) is 0 Å². The molecule has 0 saturated heterocycles. The van der Waals surface area contributed by atoms with Crippen LogP contribution in [0.25, 0.3) is 0 Å². The van der Waals surface area contributed by atoms with Gasteiger partial charge in [-0.2, -0.15) is 0 Å². The number of hydrogen-bond donors (Lipinski definition) is 2. The second-order valence-electron chi connectivity index (χ2n) is 4.98. The Morgan fingerprint density at radius 1 is 1.59 bits per heavy atom. The largest absolute Gasteiger partial charge is 0.467 e. The van der Waals surface area contributed by atoms with Crippen LogP contribution in [0.1, 0.15) is 32.6 Å². The highest BCUT2D eigenvalue weighted by Gasteiger charge is 2.11. The number of carbonyl (C=O) groups excluding carboxylic acids is 1. The molecule has 0 radical (unpaired) electrons. The first-order chi connectivity index (χ1) is 7.88. The molecule has 1 aromatic heterocycles. The highest BCUT2D eigenvalue weighted by molar-refractivity contribution is 5.87. The number of aliphatic hydroxyl groups excluding tert-OH is 1. The van der Waals surface area contributed by atoms with Crippen LogP contribution in [0.5, 0.6) is 0 Å². The summed E-state index contributed by atoms with van der Waals surface area (Å²) in [7, 11) is 0. The fraction of sp³-hybridized carbons (Fsp3) is 0.462. The van der Waals surface area contributed by atoms with Crippen LogP contribution in [0.4, 0.5) is 0 Å². The van der Waals surface area contributed by atoms with Crippen molar-refractivity contribution in [3.63, 3.8) is 0 Å². The smallest absolute Gasteiger partial charge is 0.243 e. The molecule has 94 valence electrons. The van der Waals surface area contributed by atoms with Crippen LogP contribution < -0.4 is 5.32 Å². The minimum absolute atomic E-state index is 0.0308. The van der Waals surface area contributed by atoms with Crippen molar-refractivity contribution in [3.05, 3.63) is 36.3 Å². The molecular formula is C13H19NO3. The van der Waals surface area contributed by atoms with Crippen molar-refractivity contribution in [3.8, 4) is 0 Å². The molecule has 1 atom stereocenters. The lowest BCUT2D eigenvalue weighted by molar-refractivity contribution is -0.117. The zero-order valence-corrected chi connectivity index (χ0v) is 10.4. The maximum absolute atomic E-state index is 11.4. The monoisotopic (exact) mass is 237 g/mol. The number of amides is 1. The van der Waals surface area contributed by atoms with Gasteiger partial charge < -0.3 is 14.8 Å². The van der Waals surface area contributed by atoms with Gasteiger partial charge in [0.05, 0.1) is 12.8 Å². The third-order valence-electron chi connectivity index (χ3n) is 2.08. The molecule has 0 aromatic carbocycles. The van der Waals surface area contributed by atoms with E-state index in [2.05, 4.69) is 5.32 Å². The maximum atomic E-state index is 11.4. The second-order valence-corrected chi connectivity index (χ2v) is 4.98. The predicted octanol–water partition coefficient (Wildman–Crippen LogP) is 2.03. The molecule has 1 rings (SSSR count). The molecule has 0 saturated carbocycles. The summed E-state index contributed by atoms with van der Waals surface area (Å²) >= 11 is 0. The molecule has 0 aliphatic carbocycles. The number of rotatable bonds is 4. The number of carbonyl (C=O) groups is 1. The molecule has 0 fully saturated rings. The first kappa shape index (κ1) is 13.5. The van der Waals surface area contributed by atoms with Gasteiger partial charge in [-0.25, -0.2) is 0 Å². The van der Waals surface area contributed by atoms with Gasteiger partial charge in [-0.3, -0.25) is 4.79 Å². The average molecular weight is 237 g/mol. The van der Waals surface area contributed by atoms with E-state index >= 15 is 0 Å². The van der Waals surface area contributed by atoms with Crippen LogP contribution in [0.15, 0.2) is 35.0 Å².